The van der Waals surface area contributed by atoms with E-state index < -0.39 is 0 Å². The van der Waals surface area contributed by atoms with Crippen molar-refractivity contribution in [2.24, 2.45) is 10.7 Å². The van der Waals surface area contributed by atoms with E-state index in [2.05, 4.69) is 10.3 Å². The number of nitrogens with one attached hydrogen (secondary N) is 1. The van der Waals surface area contributed by atoms with Crippen LogP contribution in [0.2, 0.25) is 0 Å². The Morgan fingerprint density at radius 1 is 1.55 bits per heavy atom. The molecule has 3 nitrogen and oxygen atoms in total. The molecular formula is C8H19N3. The second-order valence-electron chi connectivity index (χ2n) is 2.67. The Balaban J connectivity index is 3.10. The average molecular weight is 157 g/mol. The zero-order valence-corrected chi connectivity index (χ0v) is 7.51. The molecule has 66 valence electrons. The average Bonchev–Trinajstić information content (AvgIpc) is 1.99. The van der Waals surface area contributed by atoms with Crippen molar-refractivity contribution in [3.63, 3.8) is 0 Å². The molecule has 0 aliphatic rings. The number of rotatable bonds is 6. The van der Waals surface area contributed by atoms with Gasteiger partial charge in [0, 0.05) is 19.3 Å². The maximum Gasteiger partial charge on any atom is 0.0394 e. The SMILES string of the molecule is C/N=C\C(N)CCCCNC. The van der Waals surface area contributed by atoms with Gasteiger partial charge in [-0.3, -0.25) is 4.99 Å². The Hall–Kier alpha value is -0.410. The van der Waals surface area contributed by atoms with Gasteiger partial charge in [0.05, 0.1) is 0 Å². The van der Waals surface area contributed by atoms with E-state index in [9.17, 15) is 0 Å². The molecule has 0 fully saturated rings. The summed E-state index contributed by atoms with van der Waals surface area (Å²) in [5, 5.41) is 3.10. The van der Waals surface area contributed by atoms with Crippen LogP contribution >= 0.6 is 0 Å². The summed E-state index contributed by atoms with van der Waals surface area (Å²) in [4.78, 5) is 3.87. The van der Waals surface area contributed by atoms with Crippen LogP contribution in [0.5, 0.6) is 0 Å². The fourth-order valence-corrected chi connectivity index (χ4v) is 0.948. The Kier molecular flexibility index (Phi) is 7.41. The molecule has 3 heteroatoms. The molecule has 0 radical (unpaired) electrons. The van der Waals surface area contributed by atoms with Crippen LogP contribution in [0.1, 0.15) is 19.3 Å². The summed E-state index contributed by atoms with van der Waals surface area (Å²) >= 11 is 0. The van der Waals surface area contributed by atoms with Crippen LogP contribution in [-0.4, -0.2) is 32.9 Å². The number of nitrogens with zero attached hydrogens (tertiary/aromatic N) is 1. The molecule has 0 amide bonds. The van der Waals surface area contributed by atoms with Gasteiger partial charge >= 0.3 is 0 Å². The first-order valence-electron chi connectivity index (χ1n) is 4.13. The van der Waals surface area contributed by atoms with Crippen molar-refractivity contribution in [1.82, 2.24) is 5.32 Å². The van der Waals surface area contributed by atoms with Gasteiger partial charge in [0.2, 0.25) is 0 Å². The zero-order valence-electron chi connectivity index (χ0n) is 7.51. The maximum absolute atomic E-state index is 5.70. The van der Waals surface area contributed by atoms with Crippen molar-refractivity contribution in [2.75, 3.05) is 20.6 Å². The molecule has 0 aliphatic heterocycles. The van der Waals surface area contributed by atoms with Crippen molar-refractivity contribution < 1.29 is 0 Å². The third-order valence-electron chi connectivity index (χ3n) is 1.55. The summed E-state index contributed by atoms with van der Waals surface area (Å²) in [5.41, 5.74) is 5.70. The van der Waals surface area contributed by atoms with Crippen LogP contribution in [0.4, 0.5) is 0 Å². The van der Waals surface area contributed by atoms with Crippen molar-refractivity contribution in [1.29, 1.82) is 0 Å². The number of hydrogen-bond donors (Lipinski definition) is 2. The Bertz CT molecular complexity index is 102. The lowest BCUT2D eigenvalue weighted by molar-refractivity contribution is 0.624. The fourth-order valence-electron chi connectivity index (χ4n) is 0.948. The van der Waals surface area contributed by atoms with Crippen LogP contribution in [0, 0.1) is 0 Å². The molecule has 0 aromatic rings. The molecule has 1 unspecified atom stereocenters. The predicted octanol–water partition coefficient (Wildman–Crippen LogP) is 0.404. The molecule has 0 bridgehead atoms. The summed E-state index contributed by atoms with van der Waals surface area (Å²) < 4.78 is 0. The Morgan fingerprint density at radius 2 is 2.27 bits per heavy atom. The van der Waals surface area contributed by atoms with E-state index in [0.29, 0.717) is 0 Å². The first-order chi connectivity index (χ1) is 5.31. The molecule has 0 spiro atoms. The quantitative estimate of drug-likeness (QED) is 0.433. The number of hydrogen-bond acceptors (Lipinski definition) is 3. The third kappa shape index (κ3) is 7.49. The molecule has 3 N–H and O–H groups in total. The van der Waals surface area contributed by atoms with Crippen LogP contribution in [0.15, 0.2) is 4.99 Å². The molecule has 0 aromatic heterocycles. The first-order valence-corrected chi connectivity index (χ1v) is 4.13. The summed E-state index contributed by atoms with van der Waals surface area (Å²) in [6.45, 7) is 1.08. The smallest absolute Gasteiger partial charge is 0.0394 e. The van der Waals surface area contributed by atoms with Gasteiger partial charge in [-0.05, 0) is 26.4 Å². The molecule has 0 saturated carbocycles. The van der Waals surface area contributed by atoms with Crippen molar-refractivity contribution >= 4 is 6.21 Å². The highest BCUT2D eigenvalue weighted by Gasteiger charge is 1.96. The highest BCUT2D eigenvalue weighted by Crippen LogP contribution is 1.95. The van der Waals surface area contributed by atoms with E-state index >= 15 is 0 Å². The second-order valence-corrected chi connectivity index (χ2v) is 2.67. The summed E-state index contributed by atoms with van der Waals surface area (Å²) in [5.74, 6) is 0. The maximum atomic E-state index is 5.70. The van der Waals surface area contributed by atoms with Crippen LogP contribution < -0.4 is 11.1 Å². The van der Waals surface area contributed by atoms with Crippen LogP contribution in [0.25, 0.3) is 0 Å². The lowest BCUT2D eigenvalue weighted by Gasteiger charge is -2.04. The van der Waals surface area contributed by atoms with E-state index in [1.54, 1.807) is 13.3 Å². The Labute approximate surface area is 69.1 Å². The molecule has 0 rings (SSSR count). The normalized spacial score (nSPS) is 14.1. The standard InChI is InChI=1S/C8H19N3/c1-10-6-4-3-5-8(9)7-11-2/h7-8,10H,3-6,9H2,1-2H3/b11-7-. The minimum Gasteiger partial charge on any atom is -0.323 e. The molecule has 0 aliphatic carbocycles. The van der Waals surface area contributed by atoms with E-state index in [1.165, 1.54) is 12.8 Å². The van der Waals surface area contributed by atoms with Gasteiger partial charge in [-0.25, -0.2) is 0 Å². The third-order valence-corrected chi connectivity index (χ3v) is 1.55. The van der Waals surface area contributed by atoms with Gasteiger partial charge in [0.15, 0.2) is 0 Å². The van der Waals surface area contributed by atoms with E-state index in [-0.39, 0.29) is 6.04 Å². The van der Waals surface area contributed by atoms with Gasteiger partial charge in [0.1, 0.15) is 0 Å². The molecule has 0 heterocycles. The van der Waals surface area contributed by atoms with Crippen LogP contribution in [0.3, 0.4) is 0 Å². The molecule has 1 atom stereocenters. The zero-order chi connectivity index (χ0) is 8.53. The number of nitrogens with two attached hydrogens (primary N) is 1. The van der Waals surface area contributed by atoms with E-state index in [0.717, 1.165) is 13.0 Å². The first kappa shape index (κ1) is 10.6. The summed E-state index contributed by atoms with van der Waals surface area (Å²) in [7, 11) is 3.72. The van der Waals surface area contributed by atoms with Gasteiger partial charge in [-0.15, -0.1) is 0 Å². The van der Waals surface area contributed by atoms with Gasteiger partial charge in [-0.2, -0.15) is 0 Å². The number of unbranched alkanes of at least 4 members (excludes halogenated alkanes) is 1. The molecule has 0 aromatic carbocycles. The highest BCUT2D eigenvalue weighted by atomic mass is 14.8. The monoisotopic (exact) mass is 157 g/mol. The lowest BCUT2D eigenvalue weighted by Crippen LogP contribution is -2.21. The lowest BCUT2D eigenvalue weighted by atomic mass is 10.1. The van der Waals surface area contributed by atoms with Crippen molar-refractivity contribution in [3.8, 4) is 0 Å². The molecule has 11 heavy (non-hydrogen) atoms. The van der Waals surface area contributed by atoms with Crippen molar-refractivity contribution in [2.45, 2.75) is 25.3 Å². The predicted molar refractivity (Wildman–Crippen MR) is 50.2 cm³/mol. The molecule has 0 saturated heterocycles. The van der Waals surface area contributed by atoms with Gasteiger partial charge in [-0.1, -0.05) is 6.42 Å². The van der Waals surface area contributed by atoms with E-state index in [1.807, 2.05) is 7.05 Å². The minimum absolute atomic E-state index is 0.150. The Morgan fingerprint density at radius 3 is 2.82 bits per heavy atom. The highest BCUT2D eigenvalue weighted by molar-refractivity contribution is 5.63. The minimum atomic E-state index is 0.150. The van der Waals surface area contributed by atoms with E-state index in [4.69, 9.17) is 5.73 Å². The molecular weight excluding hydrogens is 138 g/mol. The van der Waals surface area contributed by atoms with Gasteiger partial charge < -0.3 is 11.1 Å². The largest absolute Gasteiger partial charge is 0.323 e. The topological polar surface area (TPSA) is 50.4 Å². The second kappa shape index (κ2) is 7.69. The summed E-state index contributed by atoms with van der Waals surface area (Å²) in [6, 6.07) is 0.150. The van der Waals surface area contributed by atoms with Crippen molar-refractivity contribution in [3.05, 3.63) is 0 Å². The van der Waals surface area contributed by atoms with Crippen LogP contribution in [-0.2, 0) is 0 Å². The summed E-state index contributed by atoms with van der Waals surface area (Å²) in [6.07, 6.45) is 5.22. The fraction of sp³-hybridized carbons (Fsp3) is 0.875. The van der Waals surface area contributed by atoms with Gasteiger partial charge in [0.25, 0.3) is 0 Å². The number of aliphatic imine (C=N–C) groups is 1.